The Balaban J connectivity index is 2.58. The van der Waals surface area contributed by atoms with Gasteiger partial charge < -0.3 is 5.11 Å². The molecule has 0 aliphatic heterocycles. The van der Waals surface area contributed by atoms with E-state index in [4.69, 9.17) is 5.11 Å². The largest absolute Gasteiger partial charge is 0.396 e. The third-order valence-electron chi connectivity index (χ3n) is 1.25. The monoisotopic (exact) mass is 168 g/mol. The summed E-state index contributed by atoms with van der Waals surface area (Å²) in [7, 11) is 0. The second kappa shape index (κ2) is 4.56. The molecule has 0 saturated heterocycles. The third kappa shape index (κ3) is 2.75. The zero-order valence-corrected chi connectivity index (χ0v) is 6.44. The van der Waals surface area contributed by atoms with Crippen molar-refractivity contribution in [2.45, 2.75) is 6.42 Å². The van der Waals surface area contributed by atoms with Crippen LogP contribution in [0.4, 0.5) is 4.39 Å². The summed E-state index contributed by atoms with van der Waals surface area (Å²) in [5, 5.41) is 8.45. The Kier molecular flexibility index (Phi) is 3.35. The highest BCUT2D eigenvalue weighted by atomic mass is 19.1. The summed E-state index contributed by atoms with van der Waals surface area (Å²) >= 11 is 0. The van der Waals surface area contributed by atoms with Gasteiger partial charge in [-0.15, -0.1) is 0 Å². The van der Waals surface area contributed by atoms with Crippen LogP contribution in [0.5, 0.6) is 0 Å². The van der Waals surface area contributed by atoms with Gasteiger partial charge >= 0.3 is 6.08 Å². The van der Waals surface area contributed by atoms with E-state index in [1.807, 2.05) is 0 Å². The highest BCUT2D eigenvalue weighted by molar-refractivity contribution is 5.45. The Labute approximate surface area is 69.6 Å². The number of halogens is 1. The highest BCUT2D eigenvalue weighted by Crippen LogP contribution is 1.98. The van der Waals surface area contributed by atoms with E-state index in [9.17, 15) is 4.39 Å². The van der Waals surface area contributed by atoms with E-state index in [0.29, 0.717) is 6.42 Å². The quantitative estimate of drug-likeness (QED) is 0.685. The molecule has 0 aliphatic carbocycles. The normalized spacial score (nSPS) is 10.8. The molecule has 1 heterocycles. The van der Waals surface area contributed by atoms with Gasteiger partial charge in [-0.3, -0.25) is 0 Å². The van der Waals surface area contributed by atoms with Crippen LogP contribution in [0.1, 0.15) is 12.0 Å². The molecule has 0 atom stereocenters. The summed E-state index contributed by atoms with van der Waals surface area (Å²) in [5.74, 6) is 0. The average Bonchev–Trinajstić information content (AvgIpc) is 2.09. The molecular formula is C8H9FN2O. The van der Waals surface area contributed by atoms with Crippen LogP contribution in [0, 0.1) is 6.08 Å². The molecule has 0 unspecified atom stereocenters. The molecule has 3 nitrogen and oxygen atoms in total. The Morgan fingerprint density at radius 1 is 1.42 bits per heavy atom. The first-order chi connectivity index (χ1) is 5.83. The maximum absolute atomic E-state index is 12.2. The molecular weight excluding hydrogens is 159 g/mol. The zero-order chi connectivity index (χ0) is 8.81. The van der Waals surface area contributed by atoms with E-state index in [2.05, 4.69) is 9.97 Å². The van der Waals surface area contributed by atoms with Crippen LogP contribution in [-0.2, 0) is 0 Å². The minimum absolute atomic E-state index is 0.110. The minimum Gasteiger partial charge on any atom is -0.396 e. The number of nitrogens with zero attached hydrogens (tertiary/aromatic N) is 2. The first-order valence-electron chi connectivity index (χ1n) is 3.58. The smallest absolute Gasteiger partial charge is 0.308 e. The lowest BCUT2D eigenvalue weighted by Gasteiger charge is -1.90. The Bertz CT molecular complexity index is 258. The van der Waals surface area contributed by atoms with Crippen molar-refractivity contribution >= 4 is 6.08 Å². The standard InChI is InChI=1S/C8H9FN2O/c9-8-10-5-7(6-11-8)3-1-2-4-12/h1,3,5-6,12H,2,4H2. The molecule has 0 aliphatic rings. The van der Waals surface area contributed by atoms with Crippen LogP contribution in [-0.4, -0.2) is 21.7 Å². The predicted octanol–water partition coefficient (Wildman–Crippen LogP) is 1.01. The molecule has 0 radical (unpaired) electrons. The van der Waals surface area contributed by atoms with Gasteiger partial charge in [0.25, 0.3) is 0 Å². The summed E-state index contributed by atoms with van der Waals surface area (Å²) in [5.41, 5.74) is 0.727. The van der Waals surface area contributed by atoms with Crippen LogP contribution in [0.3, 0.4) is 0 Å². The molecule has 0 spiro atoms. The maximum atomic E-state index is 12.2. The van der Waals surface area contributed by atoms with Crippen molar-refractivity contribution in [3.05, 3.63) is 30.1 Å². The van der Waals surface area contributed by atoms with Crippen molar-refractivity contribution < 1.29 is 9.50 Å². The van der Waals surface area contributed by atoms with E-state index in [0.717, 1.165) is 5.56 Å². The second-order valence-corrected chi connectivity index (χ2v) is 2.20. The van der Waals surface area contributed by atoms with E-state index in [-0.39, 0.29) is 6.61 Å². The summed E-state index contributed by atoms with van der Waals surface area (Å²) in [6.07, 6.45) is 6.13. The molecule has 64 valence electrons. The summed E-state index contributed by atoms with van der Waals surface area (Å²) in [4.78, 5) is 6.73. The number of hydrogen-bond donors (Lipinski definition) is 1. The molecule has 4 heteroatoms. The van der Waals surface area contributed by atoms with Crippen molar-refractivity contribution in [1.29, 1.82) is 0 Å². The van der Waals surface area contributed by atoms with Gasteiger partial charge in [-0.25, -0.2) is 9.97 Å². The van der Waals surface area contributed by atoms with E-state index in [1.165, 1.54) is 12.4 Å². The van der Waals surface area contributed by atoms with Gasteiger partial charge in [0.05, 0.1) is 0 Å². The van der Waals surface area contributed by atoms with E-state index in [1.54, 1.807) is 12.2 Å². The Morgan fingerprint density at radius 2 is 2.08 bits per heavy atom. The van der Waals surface area contributed by atoms with Crippen molar-refractivity contribution in [3.8, 4) is 0 Å². The molecule has 1 rings (SSSR count). The molecule has 1 aromatic heterocycles. The SMILES string of the molecule is OCCC=Cc1cnc(F)nc1. The first kappa shape index (κ1) is 8.80. The highest BCUT2D eigenvalue weighted by Gasteiger charge is 1.90. The van der Waals surface area contributed by atoms with Gasteiger partial charge in [0.1, 0.15) is 0 Å². The van der Waals surface area contributed by atoms with Gasteiger partial charge in [-0.05, 0) is 6.42 Å². The molecule has 0 saturated carbocycles. The van der Waals surface area contributed by atoms with Gasteiger partial charge in [0.15, 0.2) is 0 Å². The lowest BCUT2D eigenvalue weighted by atomic mass is 10.3. The van der Waals surface area contributed by atoms with Crippen LogP contribution in [0.2, 0.25) is 0 Å². The van der Waals surface area contributed by atoms with Gasteiger partial charge in [0, 0.05) is 24.6 Å². The number of rotatable bonds is 3. The fourth-order valence-corrected chi connectivity index (χ4v) is 0.702. The first-order valence-corrected chi connectivity index (χ1v) is 3.58. The fourth-order valence-electron chi connectivity index (χ4n) is 0.702. The topological polar surface area (TPSA) is 46.0 Å². The lowest BCUT2D eigenvalue weighted by Crippen LogP contribution is -1.87. The van der Waals surface area contributed by atoms with Crippen molar-refractivity contribution in [2.75, 3.05) is 6.61 Å². The minimum atomic E-state index is -0.727. The fraction of sp³-hybridized carbons (Fsp3) is 0.250. The molecule has 0 fully saturated rings. The number of aliphatic hydroxyl groups excluding tert-OH is 1. The van der Waals surface area contributed by atoms with Gasteiger partial charge in [0.2, 0.25) is 0 Å². The average molecular weight is 168 g/mol. The summed E-state index contributed by atoms with van der Waals surface area (Å²) < 4.78 is 12.2. The molecule has 1 aromatic rings. The van der Waals surface area contributed by atoms with Crippen LogP contribution >= 0.6 is 0 Å². The number of aliphatic hydroxyl groups is 1. The van der Waals surface area contributed by atoms with E-state index >= 15 is 0 Å². The second-order valence-electron chi connectivity index (χ2n) is 2.20. The predicted molar refractivity (Wildman–Crippen MR) is 42.7 cm³/mol. The molecule has 12 heavy (non-hydrogen) atoms. The van der Waals surface area contributed by atoms with Crippen LogP contribution in [0.25, 0.3) is 6.08 Å². The zero-order valence-electron chi connectivity index (χ0n) is 6.44. The van der Waals surface area contributed by atoms with Crippen molar-refractivity contribution in [3.63, 3.8) is 0 Å². The summed E-state index contributed by atoms with van der Waals surface area (Å²) in [6, 6.07) is 0. The lowest BCUT2D eigenvalue weighted by molar-refractivity contribution is 0.303. The van der Waals surface area contributed by atoms with Crippen molar-refractivity contribution in [2.24, 2.45) is 0 Å². The molecule has 0 amide bonds. The summed E-state index contributed by atoms with van der Waals surface area (Å²) in [6.45, 7) is 0.110. The van der Waals surface area contributed by atoms with Gasteiger partial charge in [-0.1, -0.05) is 12.2 Å². The van der Waals surface area contributed by atoms with Crippen molar-refractivity contribution in [1.82, 2.24) is 9.97 Å². The Hall–Kier alpha value is -1.29. The molecule has 1 N–H and O–H groups in total. The molecule has 0 bridgehead atoms. The maximum Gasteiger partial charge on any atom is 0.308 e. The Morgan fingerprint density at radius 3 is 2.67 bits per heavy atom. The van der Waals surface area contributed by atoms with E-state index < -0.39 is 6.08 Å². The van der Waals surface area contributed by atoms with Crippen LogP contribution < -0.4 is 0 Å². The molecule has 0 aromatic carbocycles. The number of hydrogen-bond acceptors (Lipinski definition) is 3. The number of aromatic nitrogens is 2. The van der Waals surface area contributed by atoms with Crippen LogP contribution in [0.15, 0.2) is 18.5 Å². The third-order valence-corrected chi connectivity index (χ3v) is 1.25. The van der Waals surface area contributed by atoms with Gasteiger partial charge in [-0.2, -0.15) is 4.39 Å².